The van der Waals surface area contributed by atoms with Crippen molar-refractivity contribution in [3.63, 3.8) is 0 Å². The van der Waals surface area contributed by atoms with Gasteiger partial charge in [-0.1, -0.05) is 13.8 Å². The van der Waals surface area contributed by atoms with Gasteiger partial charge >= 0.3 is 0 Å². The van der Waals surface area contributed by atoms with Crippen molar-refractivity contribution >= 4 is 0 Å². The number of pyridine rings is 1. The van der Waals surface area contributed by atoms with Crippen LogP contribution in [0.5, 0.6) is 0 Å². The van der Waals surface area contributed by atoms with E-state index in [1.54, 1.807) is 0 Å². The smallest absolute Gasteiger partial charge is 0.0271 e. The Balaban J connectivity index is 2.37. The number of likely N-dealkylation sites (N-methyl/N-ethyl adjacent to an activating group) is 1. The average Bonchev–Trinajstić information content (AvgIpc) is 2.27. The molecule has 3 heteroatoms. The molecule has 1 N–H and O–H groups in total. The van der Waals surface area contributed by atoms with Gasteiger partial charge in [-0.05, 0) is 31.7 Å². The van der Waals surface area contributed by atoms with Gasteiger partial charge in [0.1, 0.15) is 0 Å². The molecule has 1 aromatic heterocycles. The van der Waals surface area contributed by atoms with Crippen LogP contribution in [0.2, 0.25) is 0 Å². The molecule has 0 amide bonds. The number of aromatic nitrogens is 1. The van der Waals surface area contributed by atoms with E-state index in [2.05, 4.69) is 55.2 Å². The average molecular weight is 221 g/mol. The van der Waals surface area contributed by atoms with Gasteiger partial charge < -0.3 is 5.32 Å². The van der Waals surface area contributed by atoms with Crippen molar-refractivity contribution in [2.45, 2.75) is 39.4 Å². The zero-order chi connectivity index (χ0) is 12.0. The Morgan fingerprint density at radius 1 is 1.25 bits per heavy atom. The lowest BCUT2D eigenvalue weighted by atomic mass is 10.2. The van der Waals surface area contributed by atoms with Crippen LogP contribution in [0, 0.1) is 0 Å². The lowest BCUT2D eigenvalue weighted by molar-refractivity contribution is 0.239. The zero-order valence-electron chi connectivity index (χ0n) is 10.8. The van der Waals surface area contributed by atoms with Crippen LogP contribution in [0.4, 0.5) is 0 Å². The summed E-state index contributed by atoms with van der Waals surface area (Å²) >= 11 is 0. The number of rotatable bonds is 6. The Bertz CT molecular complexity index is 284. The summed E-state index contributed by atoms with van der Waals surface area (Å²) in [5.74, 6) is 0. The SMILES string of the molecule is CC(C)NC[C@@H](C)N(C)Cc1ccncc1. The minimum absolute atomic E-state index is 0.538. The highest BCUT2D eigenvalue weighted by Crippen LogP contribution is 2.04. The van der Waals surface area contributed by atoms with Crippen LogP contribution in [-0.4, -0.2) is 35.6 Å². The quantitative estimate of drug-likeness (QED) is 0.795. The maximum atomic E-state index is 4.03. The highest BCUT2D eigenvalue weighted by molar-refractivity contribution is 5.09. The first-order chi connectivity index (χ1) is 7.59. The molecule has 1 atom stereocenters. The van der Waals surface area contributed by atoms with Gasteiger partial charge in [0.2, 0.25) is 0 Å². The van der Waals surface area contributed by atoms with Crippen molar-refractivity contribution in [3.05, 3.63) is 30.1 Å². The molecule has 0 fully saturated rings. The predicted molar refractivity (Wildman–Crippen MR) is 68.3 cm³/mol. The topological polar surface area (TPSA) is 28.2 Å². The van der Waals surface area contributed by atoms with E-state index in [0.29, 0.717) is 12.1 Å². The third kappa shape index (κ3) is 4.73. The summed E-state index contributed by atoms with van der Waals surface area (Å²) in [5.41, 5.74) is 1.31. The summed E-state index contributed by atoms with van der Waals surface area (Å²) in [6, 6.07) is 5.23. The minimum Gasteiger partial charge on any atom is -0.313 e. The fourth-order valence-corrected chi connectivity index (χ4v) is 1.49. The Morgan fingerprint density at radius 3 is 2.44 bits per heavy atom. The second kappa shape index (κ2) is 6.61. The molecular formula is C13H23N3. The van der Waals surface area contributed by atoms with Crippen LogP contribution in [0.3, 0.4) is 0 Å². The molecule has 1 heterocycles. The number of hydrogen-bond acceptors (Lipinski definition) is 3. The van der Waals surface area contributed by atoms with Gasteiger partial charge in [0.25, 0.3) is 0 Å². The van der Waals surface area contributed by atoms with E-state index in [4.69, 9.17) is 0 Å². The van der Waals surface area contributed by atoms with E-state index < -0.39 is 0 Å². The maximum Gasteiger partial charge on any atom is 0.0271 e. The van der Waals surface area contributed by atoms with Crippen molar-refractivity contribution < 1.29 is 0 Å². The molecule has 16 heavy (non-hydrogen) atoms. The third-order valence-corrected chi connectivity index (χ3v) is 2.76. The second-order valence-electron chi connectivity index (χ2n) is 4.68. The van der Waals surface area contributed by atoms with E-state index >= 15 is 0 Å². The van der Waals surface area contributed by atoms with Crippen molar-refractivity contribution in [1.29, 1.82) is 0 Å². The highest BCUT2D eigenvalue weighted by Gasteiger charge is 2.09. The molecule has 90 valence electrons. The van der Waals surface area contributed by atoms with Gasteiger partial charge in [-0.2, -0.15) is 0 Å². The second-order valence-corrected chi connectivity index (χ2v) is 4.68. The molecule has 0 aliphatic heterocycles. The zero-order valence-corrected chi connectivity index (χ0v) is 10.8. The molecule has 0 saturated carbocycles. The van der Waals surface area contributed by atoms with Crippen LogP contribution >= 0.6 is 0 Å². The van der Waals surface area contributed by atoms with Gasteiger partial charge in [0, 0.05) is 37.6 Å². The number of nitrogens with one attached hydrogen (secondary N) is 1. The summed E-state index contributed by atoms with van der Waals surface area (Å²) in [6.45, 7) is 8.60. The lowest BCUT2D eigenvalue weighted by Crippen LogP contribution is -2.39. The summed E-state index contributed by atoms with van der Waals surface area (Å²) in [5, 5.41) is 3.46. The molecular weight excluding hydrogens is 198 g/mol. The molecule has 0 saturated heterocycles. The highest BCUT2D eigenvalue weighted by atomic mass is 15.1. The number of nitrogens with zero attached hydrogens (tertiary/aromatic N) is 2. The normalized spacial score (nSPS) is 13.4. The van der Waals surface area contributed by atoms with Crippen molar-refractivity contribution in [2.75, 3.05) is 13.6 Å². The third-order valence-electron chi connectivity index (χ3n) is 2.76. The number of hydrogen-bond donors (Lipinski definition) is 1. The minimum atomic E-state index is 0.538. The molecule has 0 aliphatic carbocycles. The van der Waals surface area contributed by atoms with E-state index in [-0.39, 0.29) is 0 Å². The van der Waals surface area contributed by atoms with Gasteiger partial charge in [-0.3, -0.25) is 9.88 Å². The molecule has 0 aliphatic rings. The van der Waals surface area contributed by atoms with Crippen LogP contribution in [0.15, 0.2) is 24.5 Å². The Kier molecular flexibility index (Phi) is 5.43. The Morgan fingerprint density at radius 2 is 1.88 bits per heavy atom. The van der Waals surface area contributed by atoms with Gasteiger partial charge in [0.05, 0.1) is 0 Å². The molecule has 0 aromatic carbocycles. The lowest BCUT2D eigenvalue weighted by Gasteiger charge is -2.25. The summed E-state index contributed by atoms with van der Waals surface area (Å²) < 4.78 is 0. The van der Waals surface area contributed by atoms with Crippen LogP contribution < -0.4 is 5.32 Å². The molecule has 1 rings (SSSR count). The fourth-order valence-electron chi connectivity index (χ4n) is 1.49. The maximum absolute atomic E-state index is 4.03. The Labute approximate surface area is 98.9 Å². The molecule has 0 spiro atoms. The predicted octanol–water partition coefficient (Wildman–Crippen LogP) is 1.90. The largest absolute Gasteiger partial charge is 0.313 e. The van der Waals surface area contributed by atoms with Crippen LogP contribution in [0.25, 0.3) is 0 Å². The monoisotopic (exact) mass is 221 g/mol. The van der Waals surface area contributed by atoms with Crippen molar-refractivity contribution in [2.24, 2.45) is 0 Å². The first kappa shape index (κ1) is 13.1. The van der Waals surface area contributed by atoms with Crippen molar-refractivity contribution in [1.82, 2.24) is 15.2 Å². The van der Waals surface area contributed by atoms with Crippen molar-refractivity contribution in [3.8, 4) is 0 Å². The summed E-state index contributed by atoms with van der Waals surface area (Å²) in [7, 11) is 2.16. The van der Waals surface area contributed by atoms with Crippen LogP contribution in [0.1, 0.15) is 26.3 Å². The van der Waals surface area contributed by atoms with E-state index in [1.807, 2.05) is 12.4 Å². The molecule has 0 unspecified atom stereocenters. The molecule has 3 nitrogen and oxygen atoms in total. The van der Waals surface area contributed by atoms with E-state index in [0.717, 1.165) is 13.1 Å². The van der Waals surface area contributed by atoms with Gasteiger partial charge in [0.15, 0.2) is 0 Å². The molecule has 1 aromatic rings. The molecule has 0 bridgehead atoms. The molecule has 0 radical (unpaired) electrons. The summed E-state index contributed by atoms with van der Waals surface area (Å²) in [6.07, 6.45) is 3.69. The standard InChI is InChI=1S/C13H23N3/c1-11(2)15-9-12(3)16(4)10-13-5-7-14-8-6-13/h5-8,11-12,15H,9-10H2,1-4H3/t12-/m1/s1. The first-order valence-electron chi connectivity index (χ1n) is 5.92. The van der Waals surface area contributed by atoms with Gasteiger partial charge in [-0.15, -0.1) is 0 Å². The Hall–Kier alpha value is -0.930. The first-order valence-corrected chi connectivity index (χ1v) is 5.92. The van der Waals surface area contributed by atoms with E-state index in [1.165, 1.54) is 5.56 Å². The van der Waals surface area contributed by atoms with E-state index in [9.17, 15) is 0 Å². The summed E-state index contributed by atoms with van der Waals surface area (Å²) in [4.78, 5) is 6.38. The fraction of sp³-hybridized carbons (Fsp3) is 0.615. The van der Waals surface area contributed by atoms with Crippen LogP contribution in [-0.2, 0) is 6.54 Å². The van der Waals surface area contributed by atoms with Gasteiger partial charge in [-0.25, -0.2) is 0 Å².